The van der Waals surface area contributed by atoms with Crippen LogP contribution in [0.25, 0.3) is 11.3 Å². The fourth-order valence-corrected chi connectivity index (χ4v) is 3.54. The molecule has 1 aromatic carbocycles. The van der Waals surface area contributed by atoms with E-state index in [1.165, 1.54) is 0 Å². The third kappa shape index (κ3) is 2.57. The molecule has 4 heteroatoms. The Morgan fingerprint density at radius 1 is 1.25 bits per heavy atom. The monoisotopic (exact) mass is 250 g/mol. The van der Waals surface area contributed by atoms with E-state index in [0.717, 1.165) is 20.6 Å². The van der Waals surface area contributed by atoms with Crippen molar-refractivity contribution < 1.29 is 0 Å². The van der Waals surface area contributed by atoms with Crippen LogP contribution in [-0.2, 0) is 0 Å². The number of rotatable bonds is 3. The fraction of sp³-hybridized carbons (Fsp3) is 0.250. The molecule has 0 unspecified atom stereocenters. The average Bonchev–Trinajstić information content (AvgIpc) is 2.60. The number of anilines is 1. The fourth-order valence-electron chi connectivity index (χ4n) is 1.37. The minimum Gasteiger partial charge on any atom is -0.389 e. The number of thiazole rings is 1. The Bertz CT molecular complexity index is 463. The van der Waals surface area contributed by atoms with Crippen LogP contribution in [0.1, 0.15) is 13.8 Å². The number of aromatic nitrogens is 1. The maximum absolute atomic E-state index is 5.99. The largest absolute Gasteiger partial charge is 0.389 e. The highest BCUT2D eigenvalue weighted by Crippen LogP contribution is 2.36. The predicted octanol–water partition coefficient (Wildman–Crippen LogP) is 3.89. The average molecular weight is 250 g/mol. The topological polar surface area (TPSA) is 38.9 Å². The molecule has 0 fully saturated rings. The number of benzene rings is 1. The van der Waals surface area contributed by atoms with Gasteiger partial charge in [-0.3, -0.25) is 0 Å². The third-order valence-corrected chi connectivity index (χ3v) is 4.00. The normalized spacial score (nSPS) is 10.9. The molecule has 0 aliphatic carbocycles. The Labute approximate surface area is 104 Å². The molecule has 2 aromatic rings. The quantitative estimate of drug-likeness (QED) is 0.840. The van der Waals surface area contributed by atoms with Crippen LogP contribution in [0.15, 0.2) is 34.7 Å². The van der Waals surface area contributed by atoms with E-state index in [1.54, 1.807) is 23.1 Å². The van der Waals surface area contributed by atoms with Gasteiger partial charge in [-0.2, -0.15) is 0 Å². The second-order valence-electron chi connectivity index (χ2n) is 3.73. The maximum atomic E-state index is 5.99. The third-order valence-electron chi connectivity index (χ3n) is 2.02. The van der Waals surface area contributed by atoms with E-state index >= 15 is 0 Å². The first-order valence-electron chi connectivity index (χ1n) is 5.15. The molecule has 0 saturated carbocycles. The van der Waals surface area contributed by atoms with Crippen LogP contribution in [0.4, 0.5) is 5.00 Å². The van der Waals surface area contributed by atoms with E-state index in [9.17, 15) is 0 Å². The summed E-state index contributed by atoms with van der Waals surface area (Å²) in [7, 11) is 0. The van der Waals surface area contributed by atoms with Crippen molar-refractivity contribution in [3.63, 3.8) is 0 Å². The Kier molecular flexibility index (Phi) is 3.51. The molecule has 16 heavy (non-hydrogen) atoms. The smallest absolute Gasteiger partial charge is 0.152 e. The van der Waals surface area contributed by atoms with Gasteiger partial charge in [0.15, 0.2) is 4.34 Å². The zero-order valence-corrected chi connectivity index (χ0v) is 10.9. The lowest BCUT2D eigenvalue weighted by atomic mass is 10.2. The van der Waals surface area contributed by atoms with Crippen molar-refractivity contribution in [3.8, 4) is 11.3 Å². The molecule has 2 nitrogen and oxygen atoms in total. The number of thioether (sulfide) groups is 1. The lowest BCUT2D eigenvalue weighted by Crippen LogP contribution is -1.86. The van der Waals surface area contributed by atoms with E-state index in [2.05, 4.69) is 18.8 Å². The van der Waals surface area contributed by atoms with Crippen molar-refractivity contribution in [1.29, 1.82) is 0 Å². The van der Waals surface area contributed by atoms with Crippen LogP contribution in [0.5, 0.6) is 0 Å². The Morgan fingerprint density at radius 3 is 2.56 bits per heavy atom. The molecule has 0 spiro atoms. The van der Waals surface area contributed by atoms with E-state index in [4.69, 9.17) is 5.73 Å². The molecule has 0 amide bonds. The zero-order chi connectivity index (χ0) is 11.5. The summed E-state index contributed by atoms with van der Waals surface area (Å²) in [5, 5.41) is 1.34. The highest BCUT2D eigenvalue weighted by molar-refractivity contribution is 8.01. The molecule has 0 radical (unpaired) electrons. The summed E-state index contributed by atoms with van der Waals surface area (Å²) in [4.78, 5) is 4.58. The van der Waals surface area contributed by atoms with E-state index in [1.807, 2.05) is 30.3 Å². The molecule has 1 aromatic heterocycles. The van der Waals surface area contributed by atoms with Crippen LogP contribution < -0.4 is 5.73 Å². The van der Waals surface area contributed by atoms with Crippen molar-refractivity contribution in [3.05, 3.63) is 30.3 Å². The Balaban J connectivity index is 2.32. The number of hydrogen-bond acceptors (Lipinski definition) is 4. The van der Waals surface area contributed by atoms with Crippen molar-refractivity contribution in [2.24, 2.45) is 0 Å². The molecule has 0 atom stereocenters. The van der Waals surface area contributed by atoms with Gasteiger partial charge in [-0.25, -0.2) is 4.98 Å². The molecule has 84 valence electrons. The number of nitrogen functional groups attached to an aromatic ring is 1. The standard InChI is InChI=1S/C12H14N2S2/c1-8(2)15-12-14-10(11(13)16-12)9-6-4-3-5-7-9/h3-8H,13H2,1-2H3. The summed E-state index contributed by atoms with van der Waals surface area (Å²) in [6, 6.07) is 10.1. The summed E-state index contributed by atoms with van der Waals surface area (Å²) in [6.07, 6.45) is 0. The number of nitrogens with two attached hydrogens (primary N) is 1. The second-order valence-corrected chi connectivity index (χ2v) is 6.58. The van der Waals surface area contributed by atoms with Gasteiger partial charge in [0.25, 0.3) is 0 Å². The van der Waals surface area contributed by atoms with Gasteiger partial charge in [-0.1, -0.05) is 67.3 Å². The minimum absolute atomic E-state index is 0.536. The van der Waals surface area contributed by atoms with Gasteiger partial charge in [0, 0.05) is 10.8 Å². The predicted molar refractivity (Wildman–Crippen MR) is 73.0 cm³/mol. The first kappa shape index (κ1) is 11.5. The highest BCUT2D eigenvalue weighted by Gasteiger charge is 2.11. The molecule has 1 heterocycles. The molecule has 0 bridgehead atoms. The lowest BCUT2D eigenvalue weighted by Gasteiger charge is -1.98. The van der Waals surface area contributed by atoms with Gasteiger partial charge in [0.1, 0.15) is 10.7 Å². The SMILES string of the molecule is CC(C)Sc1nc(-c2ccccc2)c(N)s1. The zero-order valence-electron chi connectivity index (χ0n) is 9.31. The van der Waals surface area contributed by atoms with Crippen molar-refractivity contribution >= 4 is 28.1 Å². The molecule has 0 aliphatic rings. The van der Waals surface area contributed by atoms with Crippen LogP contribution in [0.3, 0.4) is 0 Å². The molecule has 2 rings (SSSR count). The number of hydrogen-bond donors (Lipinski definition) is 1. The van der Waals surface area contributed by atoms with E-state index in [0.29, 0.717) is 5.25 Å². The van der Waals surface area contributed by atoms with Crippen LogP contribution in [0.2, 0.25) is 0 Å². The Hall–Kier alpha value is -1.00. The van der Waals surface area contributed by atoms with Crippen molar-refractivity contribution in [2.45, 2.75) is 23.4 Å². The van der Waals surface area contributed by atoms with Gasteiger partial charge in [0.2, 0.25) is 0 Å². The van der Waals surface area contributed by atoms with Crippen LogP contribution >= 0.6 is 23.1 Å². The molecule has 2 N–H and O–H groups in total. The summed E-state index contributed by atoms with van der Waals surface area (Å²) in [6.45, 7) is 4.31. The molecular weight excluding hydrogens is 236 g/mol. The second kappa shape index (κ2) is 4.89. The van der Waals surface area contributed by atoms with E-state index < -0.39 is 0 Å². The highest BCUT2D eigenvalue weighted by atomic mass is 32.2. The molecule has 0 aliphatic heterocycles. The van der Waals surface area contributed by atoms with Gasteiger partial charge in [-0.05, 0) is 0 Å². The lowest BCUT2D eigenvalue weighted by molar-refractivity contribution is 1.10. The Morgan fingerprint density at radius 2 is 1.94 bits per heavy atom. The first-order chi connectivity index (χ1) is 7.66. The van der Waals surface area contributed by atoms with Gasteiger partial charge in [-0.15, -0.1) is 0 Å². The molecular formula is C12H14N2S2. The van der Waals surface area contributed by atoms with Gasteiger partial charge in [0.05, 0.1) is 0 Å². The van der Waals surface area contributed by atoms with Gasteiger partial charge < -0.3 is 5.73 Å². The molecule has 0 saturated heterocycles. The van der Waals surface area contributed by atoms with Crippen LogP contribution in [-0.4, -0.2) is 10.2 Å². The minimum atomic E-state index is 0.536. The summed E-state index contributed by atoms with van der Waals surface area (Å²) < 4.78 is 1.05. The summed E-state index contributed by atoms with van der Waals surface area (Å²) >= 11 is 3.32. The maximum Gasteiger partial charge on any atom is 0.152 e. The summed E-state index contributed by atoms with van der Waals surface area (Å²) in [5.41, 5.74) is 7.99. The van der Waals surface area contributed by atoms with Crippen molar-refractivity contribution in [2.75, 3.05) is 5.73 Å². The first-order valence-corrected chi connectivity index (χ1v) is 6.85. The van der Waals surface area contributed by atoms with Crippen LogP contribution in [0, 0.1) is 0 Å². The number of nitrogens with zero attached hydrogens (tertiary/aromatic N) is 1. The summed E-state index contributed by atoms with van der Waals surface area (Å²) in [5.74, 6) is 0. The van der Waals surface area contributed by atoms with Gasteiger partial charge >= 0.3 is 0 Å². The van der Waals surface area contributed by atoms with Crippen molar-refractivity contribution in [1.82, 2.24) is 4.98 Å². The van der Waals surface area contributed by atoms with E-state index in [-0.39, 0.29) is 0 Å².